The van der Waals surface area contributed by atoms with Gasteiger partial charge in [-0.25, -0.2) is 0 Å². The van der Waals surface area contributed by atoms with Crippen LogP contribution >= 0.6 is 12.6 Å². The largest absolute Gasteiger partial charge is 0.458 e. The number of furan rings is 1. The van der Waals surface area contributed by atoms with Crippen LogP contribution in [0.4, 0.5) is 0 Å². The van der Waals surface area contributed by atoms with E-state index in [9.17, 15) is 0 Å². The van der Waals surface area contributed by atoms with Crippen LogP contribution in [0.15, 0.2) is 179 Å². The van der Waals surface area contributed by atoms with Crippen LogP contribution < -0.4 is 15.7 Å². The normalized spacial score (nSPS) is 12.2. The monoisotopic (exact) mass is 694 g/mol. The lowest BCUT2D eigenvalue weighted by molar-refractivity contribution is 0.488. The quantitative estimate of drug-likeness (QED) is 0.147. The molecule has 1 radical (unpaired) electrons. The summed E-state index contributed by atoms with van der Waals surface area (Å²) in [5.41, 5.74) is 13.6. The van der Waals surface area contributed by atoms with Crippen LogP contribution in [0.25, 0.3) is 82.8 Å². The zero-order valence-corrected chi connectivity index (χ0v) is 29.3. The molecule has 3 nitrogen and oxygen atoms in total. The van der Waals surface area contributed by atoms with Crippen molar-refractivity contribution in [3.63, 3.8) is 0 Å². The fourth-order valence-corrected chi connectivity index (χ4v) is 8.47. The maximum Gasteiger partial charge on any atom is 0.202 e. The molecule has 0 bridgehead atoms. The minimum absolute atomic E-state index is 0.794. The van der Waals surface area contributed by atoms with Crippen LogP contribution in [-0.4, -0.2) is 11.8 Å². The number of ether oxygens (including phenoxy) is 1. The highest BCUT2D eigenvalue weighted by atomic mass is 32.1. The highest BCUT2D eigenvalue weighted by molar-refractivity contribution is 7.80. The Morgan fingerprint density at radius 2 is 1.11 bits per heavy atom. The highest BCUT2D eigenvalue weighted by Crippen LogP contribution is 2.42. The first-order valence-electron chi connectivity index (χ1n) is 17.8. The molecular weight excluding hydrogens is 665 g/mol. The van der Waals surface area contributed by atoms with Gasteiger partial charge >= 0.3 is 0 Å². The number of para-hydroxylation sites is 5. The molecule has 0 amide bonds. The second kappa shape index (κ2) is 11.8. The lowest BCUT2D eigenvalue weighted by atomic mass is 9.59. The van der Waals surface area contributed by atoms with E-state index in [2.05, 4.69) is 157 Å². The fourth-order valence-electron chi connectivity index (χ4n) is 8.19. The molecule has 1 aliphatic heterocycles. The van der Waals surface area contributed by atoms with Crippen molar-refractivity contribution < 1.29 is 9.15 Å². The summed E-state index contributed by atoms with van der Waals surface area (Å²) < 4.78 is 15.8. The zero-order valence-electron chi connectivity index (χ0n) is 28.5. The molecule has 247 valence electrons. The molecule has 5 heteroatoms. The van der Waals surface area contributed by atoms with Gasteiger partial charge in [0, 0.05) is 37.6 Å². The third kappa shape index (κ3) is 4.71. The SMILES string of the molecule is Sc1ccccc1-c1cc(-c2cccc3c2oc2ccccc23)cc2c1[B]c1ccc(-c3ccccc3-n3c4ccccc4c4ccccc43)cc1O2. The van der Waals surface area contributed by atoms with E-state index in [0.29, 0.717) is 0 Å². The van der Waals surface area contributed by atoms with Crippen molar-refractivity contribution in [3.8, 4) is 50.6 Å². The molecule has 0 unspecified atom stereocenters. The molecule has 10 aromatic rings. The summed E-state index contributed by atoms with van der Waals surface area (Å²) in [7, 11) is 2.25. The van der Waals surface area contributed by atoms with Gasteiger partial charge in [-0.15, -0.1) is 12.6 Å². The Hall–Kier alpha value is -6.43. The van der Waals surface area contributed by atoms with Gasteiger partial charge in [-0.3, -0.25) is 0 Å². The third-order valence-corrected chi connectivity index (χ3v) is 11.0. The molecule has 2 aromatic heterocycles. The molecule has 0 fully saturated rings. The van der Waals surface area contributed by atoms with Gasteiger partial charge in [-0.2, -0.15) is 0 Å². The molecule has 0 aliphatic carbocycles. The lowest BCUT2D eigenvalue weighted by Gasteiger charge is -2.25. The first kappa shape index (κ1) is 30.2. The van der Waals surface area contributed by atoms with Gasteiger partial charge in [0.2, 0.25) is 7.28 Å². The Morgan fingerprint density at radius 3 is 1.92 bits per heavy atom. The molecular formula is C48H29BNO2S. The van der Waals surface area contributed by atoms with E-state index < -0.39 is 0 Å². The molecule has 8 aromatic carbocycles. The second-order valence-corrected chi connectivity index (χ2v) is 14.1. The van der Waals surface area contributed by atoms with Crippen LogP contribution in [0.5, 0.6) is 11.5 Å². The number of rotatable bonds is 4. The van der Waals surface area contributed by atoms with Crippen LogP contribution in [-0.2, 0) is 0 Å². The topological polar surface area (TPSA) is 27.3 Å². The van der Waals surface area contributed by atoms with Gasteiger partial charge in [-0.05, 0) is 81.7 Å². The summed E-state index contributed by atoms with van der Waals surface area (Å²) >= 11 is 4.91. The smallest absolute Gasteiger partial charge is 0.202 e. The maximum atomic E-state index is 6.95. The van der Waals surface area contributed by atoms with Crippen LogP contribution in [0.1, 0.15) is 0 Å². The third-order valence-electron chi connectivity index (χ3n) is 10.6. The molecule has 0 saturated carbocycles. The molecule has 0 spiro atoms. The fraction of sp³-hybridized carbons (Fsp3) is 0. The summed E-state index contributed by atoms with van der Waals surface area (Å²) in [5.74, 6) is 1.61. The summed E-state index contributed by atoms with van der Waals surface area (Å²) in [6.45, 7) is 0. The van der Waals surface area contributed by atoms with Crippen molar-refractivity contribution in [2.45, 2.75) is 4.90 Å². The molecule has 11 rings (SSSR count). The van der Waals surface area contributed by atoms with Crippen molar-refractivity contribution in [1.29, 1.82) is 0 Å². The van der Waals surface area contributed by atoms with Crippen molar-refractivity contribution in [1.82, 2.24) is 4.57 Å². The average Bonchev–Trinajstić information content (AvgIpc) is 3.76. The highest BCUT2D eigenvalue weighted by Gasteiger charge is 2.26. The Kier molecular flexibility index (Phi) is 6.73. The number of fused-ring (bicyclic) bond motifs is 8. The Morgan fingerprint density at radius 1 is 0.472 bits per heavy atom. The van der Waals surface area contributed by atoms with Gasteiger partial charge in [0.25, 0.3) is 0 Å². The molecule has 3 heterocycles. The molecule has 1 aliphatic rings. The van der Waals surface area contributed by atoms with E-state index in [1.165, 1.54) is 21.8 Å². The number of hydrogen-bond donors (Lipinski definition) is 1. The first-order chi connectivity index (χ1) is 26.2. The Balaban J connectivity index is 1.07. The van der Waals surface area contributed by atoms with Crippen molar-refractivity contribution in [3.05, 3.63) is 170 Å². The number of thiol groups is 1. The standard InChI is InChI=1S/C48H29BNO2S/c53-46-23-10-5-16-36(46)38-26-30(32-17-11-18-37-35-15-4-9-22-43(35)52-48(32)37)28-45-47(38)49-39-25-24-29(27-44(39)51-45)31-12-1-6-19-40(31)50-41-20-7-2-13-33(41)34-14-3-8-21-42(34)50/h1-28,53H. The Bertz CT molecular complexity index is 3050. The van der Waals surface area contributed by atoms with Crippen LogP contribution in [0.3, 0.4) is 0 Å². The second-order valence-electron chi connectivity index (χ2n) is 13.6. The number of nitrogens with zero attached hydrogens (tertiary/aromatic N) is 1. The summed E-state index contributed by atoms with van der Waals surface area (Å²) in [6.07, 6.45) is 0. The van der Waals surface area contributed by atoms with E-state index in [-0.39, 0.29) is 0 Å². The van der Waals surface area contributed by atoms with Gasteiger partial charge in [-0.1, -0.05) is 121 Å². The minimum atomic E-state index is 0.794. The molecule has 0 saturated heterocycles. The van der Waals surface area contributed by atoms with E-state index in [1.54, 1.807) is 0 Å². The van der Waals surface area contributed by atoms with Crippen LogP contribution in [0, 0.1) is 0 Å². The predicted molar refractivity (Wildman–Crippen MR) is 223 cm³/mol. The molecule has 53 heavy (non-hydrogen) atoms. The van der Waals surface area contributed by atoms with Gasteiger partial charge < -0.3 is 13.7 Å². The van der Waals surface area contributed by atoms with E-state index in [0.717, 1.165) is 88.3 Å². The number of hydrogen-bond acceptors (Lipinski definition) is 3. The number of benzene rings is 8. The Labute approximate surface area is 312 Å². The van der Waals surface area contributed by atoms with Gasteiger partial charge in [0.05, 0.1) is 16.7 Å². The minimum Gasteiger partial charge on any atom is -0.458 e. The lowest BCUT2D eigenvalue weighted by Crippen LogP contribution is -2.35. The van der Waals surface area contributed by atoms with Crippen molar-refractivity contribution in [2.24, 2.45) is 0 Å². The van der Waals surface area contributed by atoms with Gasteiger partial charge in [0.15, 0.2) is 0 Å². The van der Waals surface area contributed by atoms with Crippen molar-refractivity contribution in [2.75, 3.05) is 0 Å². The zero-order chi connectivity index (χ0) is 35.0. The molecule has 0 N–H and O–H groups in total. The van der Waals surface area contributed by atoms with Gasteiger partial charge in [0.1, 0.15) is 22.7 Å². The van der Waals surface area contributed by atoms with E-state index >= 15 is 0 Å². The van der Waals surface area contributed by atoms with Crippen LogP contribution in [0.2, 0.25) is 0 Å². The summed E-state index contributed by atoms with van der Waals surface area (Å²) in [5, 5.41) is 4.68. The average molecular weight is 695 g/mol. The summed E-state index contributed by atoms with van der Waals surface area (Å²) in [6, 6.07) is 59.7. The maximum absolute atomic E-state index is 6.95. The first-order valence-corrected chi connectivity index (χ1v) is 18.3. The predicted octanol–water partition coefficient (Wildman–Crippen LogP) is 11.7. The summed E-state index contributed by atoms with van der Waals surface area (Å²) in [4.78, 5) is 0.907. The van der Waals surface area contributed by atoms with E-state index in [1.807, 2.05) is 24.3 Å². The van der Waals surface area contributed by atoms with Crippen molar-refractivity contribution >= 4 is 74.6 Å². The number of aromatic nitrogens is 1. The van der Waals surface area contributed by atoms with E-state index in [4.69, 9.17) is 21.8 Å². The molecule has 0 atom stereocenters.